The van der Waals surface area contributed by atoms with Crippen molar-refractivity contribution in [3.63, 3.8) is 0 Å². The van der Waals surface area contributed by atoms with E-state index in [1.54, 1.807) is 11.8 Å². The van der Waals surface area contributed by atoms with Crippen molar-refractivity contribution in [1.29, 1.82) is 0 Å². The molecule has 0 spiro atoms. The van der Waals surface area contributed by atoms with E-state index in [1.165, 1.54) is 11.3 Å². The molecule has 2 aromatic heterocycles. The minimum absolute atomic E-state index is 0.0220. The average molecular weight is 336 g/mol. The molecule has 0 aromatic carbocycles. The summed E-state index contributed by atoms with van der Waals surface area (Å²) in [4.78, 5) is 16.9. The van der Waals surface area contributed by atoms with Crippen LogP contribution in [0.4, 0.5) is 0 Å². The molecule has 0 unspecified atom stereocenters. The monoisotopic (exact) mass is 336 g/mol. The van der Waals surface area contributed by atoms with Crippen LogP contribution < -0.4 is 0 Å². The largest absolute Gasteiger partial charge is 0.424 e. The maximum atomic E-state index is 12.4. The lowest BCUT2D eigenvalue weighted by molar-refractivity contribution is 0.0745. The van der Waals surface area contributed by atoms with Crippen LogP contribution in [0.1, 0.15) is 28.4 Å². The van der Waals surface area contributed by atoms with Gasteiger partial charge in [0.25, 0.3) is 5.91 Å². The molecule has 0 radical (unpaired) electrons. The molecule has 1 fully saturated rings. The maximum absolute atomic E-state index is 12.4. The van der Waals surface area contributed by atoms with Crippen molar-refractivity contribution >= 4 is 17.2 Å². The van der Waals surface area contributed by atoms with E-state index in [-0.39, 0.29) is 11.9 Å². The second kappa shape index (κ2) is 6.77. The van der Waals surface area contributed by atoms with Crippen molar-refractivity contribution in [3.05, 3.63) is 34.2 Å². The Labute approximate surface area is 138 Å². The van der Waals surface area contributed by atoms with Gasteiger partial charge in [-0.1, -0.05) is 13.0 Å². The molecule has 2 atom stereocenters. The zero-order chi connectivity index (χ0) is 16.4. The fraction of sp³-hybridized carbons (Fsp3) is 0.533. The van der Waals surface area contributed by atoms with Gasteiger partial charge in [-0.15, -0.1) is 21.5 Å². The van der Waals surface area contributed by atoms with Gasteiger partial charge in [0.2, 0.25) is 11.8 Å². The van der Waals surface area contributed by atoms with Gasteiger partial charge in [0.05, 0.1) is 23.6 Å². The lowest BCUT2D eigenvalue weighted by Crippen LogP contribution is -2.43. The molecule has 3 rings (SSSR count). The van der Waals surface area contributed by atoms with Gasteiger partial charge in [0.15, 0.2) is 0 Å². The van der Waals surface area contributed by atoms with Crippen molar-refractivity contribution in [2.75, 3.05) is 19.6 Å². The molecule has 1 N–H and O–H groups in total. The molecule has 3 heterocycles. The van der Waals surface area contributed by atoms with E-state index < -0.39 is 6.10 Å². The van der Waals surface area contributed by atoms with Crippen LogP contribution in [-0.4, -0.2) is 62.8 Å². The molecule has 8 heteroatoms. The smallest absolute Gasteiger partial charge is 0.264 e. The number of aliphatic hydroxyl groups is 1. The summed E-state index contributed by atoms with van der Waals surface area (Å²) in [6, 6.07) is 3.54. The predicted molar refractivity (Wildman–Crippen MR) is 85.1 cm³/mol. The fourth-order valence-electron chi connectivity index (χ4n) is 2.89. The Kier molecular flexibility index (Phi) is 4.74. The highest BCUT2D eigenvalue weighted by Gasteiger charge is 2.38. The zero-order valence-corrected chi connectivity index (χ0v) is 14.0. The number of amides is 1. The van der Waals surface area contributed by atoms with E-state index >= 15 is 0 Å². The predicted octanol–water partition coefficient (Wildman–Crippen LogP) is 1.15. The first-order valence-corrected chi connectivity index (χ1v) is 8.50. The number of hydrogen-bond acceptors (Lipinski definition) is 7. The third-order valence-corrected chi connectivity index (χ3v) is 4.92. The second-order valence-corrected chi connectivity index (χ2v) is 6.55. The first-order chi connectivity index (χ1) is 11.1. The van der Waals surface area contributed by atoms with E-state index in [0.29, 0.717) is 36.3 Å². The second-order valence-electron chi connectivity index (χ2n) is 5.60. The number of carbonyl (C=O) groups is 1. The van der Waals surface area contributed by atoms with E-state index in [0.717, 1.165) is 6.54 Å². The summed E-state index contributed by atoms with van der Waals surface area (Å²) >= 11 is 1.42. The van der Waals surface area contributed by atoms with Crippen LogP contribution in [0.15, 0.2) is 21.9 Å². The number of thiophene rings is 1. The Morgan fingerprint density at radius 3 is 2.96 bits per heavy atom. The van der Waals surface area contributed by atoms with Crippen LogP contribution in [0.2, 0.25) is 0 Å². The first kappa shape index (κ1) is 16.1. The Morgan fingerprint density at radius 2 is 2.35 bits per heavy atom. The third kappa shape index (κ3) is 3.44. The standard InChI is InChI=1S/C15H20N4O3S/c1-3-18(9-14-17-16-10(2)22-14)11-7-19(8-12(11)20)15(21)13-5-4-6-23-13/h4-6,11-12,20H,3,7-9H2,1-2H3/t11-,12-/m1/s1. The van der Waals surface area contributed by atoms with Gasteiger partial charge in [-0.2, -0.15) is 0 Å². The number of carbonyl (C=O) groups excluding carboxylic acids is 1. The van der Waals surface area contributed by atoms with Gasteiger partial charge >= 0.3 is 0 Å². The summed E-state index contributed by atoms with van der Waals surface area (Å²) < 4.78 is 5.42. The minimum Gasteiger partial charge on any atom is -0.424 e. The number of likely N-dealkylation sites (tertiary alicyclic amines) is 1. The topological polar surface area (TPSA) is 82.7 Å². The molecule has 1 aliphatic heterocycles. The van der Waals surface area contributed by atoms with Gasteiger partial charge in [0.1, 0.15) is 0 Å². The van der Waals surface area contributed by atoms with Gasteiger partial charge < -0.3 is 14.4 Å². The number of rotatable bonds is 5. The summed E-state index contributed by atoms with van der Waals surface area (Å²) in [6.07, 6.45) is -0.581. The van der Waals surface area contributed by atoms with E-state index in [1.807, 2.05) is 24.4 Å². The van der Waals surface area contributed by atoms with Crippen LogP contribution in [0.3, 0.4) is 0 Å². The summed E-state index contributed by atoms with van der Waals surface area (Å²) in [6.45, 7) is 5.81. The van der Waals surface area contributed by atoms with Crippen molar-refractivity contribution in [1.82, 2.24) is 20.0 Å². The molecule has 0 saturated carbocycles. The molecule has 23 heavy (non-hydrogen) atoms. The van der Waals surface area contributed by atoms with E-state index in [2.05, 4.69) is 15.1 Å². The zero-order valence-electron chi connectivity index (χ0n) is 13.2. The van der Waals surface area contributed by atoms with E-state index in [4.69, 9.17) is 4.42 Å². The fourth-order valence-corrected chi connectivity index (χ4v) is 3.58. The molecule has 124 valence electrons. The number of likely N-dealkylation sites (N-methyl/N-ethyl adjacent to an activating group) is 1. The average Bonchev–Trinajstić information content (AvgIpc) is 3.25. The lowest BCUT2D eigenvalue weighted by Gasteiger charge is -2.27. The molecule has 1 aliphatic rings. The lowest BCUT2D eigenvalue weighted by atomic mass is 10.2. The van der Waals surface area contributed by atoms with Gasteiger partial charge in [-0.3, -0.25) is 9.69 Å². The summed E-state index contributed by atoms with van der Waals surface area (Å²) in [5, 5.41) is 20.1. The molecular formula is C15H20N4O3S. The highest BCUT2D eigenvalue weighted by Crippen LogP contribution is 2.22. The first-order valence-electron chi connectivity index (χ1n) is 7.62. The van der Waals surface area contributed by atoms with Crippen molar-refractivity contribution in [2.24, 2.45) is 0 Å². The highest BCUT2D eigenvalue weighted by molar-refractivity contribution is 7.12. The summed E-state index contributed by atoms with van der Waals surface area (Å²) in [5.74, 6) is 1.03. The van der Waals surface area contributed by atoms with Crippen LogP contribution in [-0.2, 0) is 6.54 Å². The number of aryl methyl sites for hydroxylation is 1. The molecule has 7 nitrogen and oxygen atoms in total. The molecule has 1 saturated heterocycles. The number of hydrogen-bond donors (Lipinski definition) is 1. The van der Waals surface area contributed by atoms with Crippen molar-refractivity contribution < 1.29 is 14.3 Å². The number of aromatic nitrogens is 2. The molecule has 0 bridgehead atoms. The quantitative estimate of drug-likeness (QED) is 0.882. The molecular weight excluding hydrogens is 316 g/mol. The SMILES string of the molecule is CCN(Cc1nnc(C)o1)[C@@H]1CN(C(=O)c2cccs2)C[C@H]1O. The van der Waals surface area contributed by atoms with E-state index in [9.17, 15) is 9.90 Å². The van der Waals surface area contributed by atoms with Crippen LogP contribution in [0.5, 0.6) is 0 Å². The third-order valence-electron chi connectivity index (χ3n) is 4.06. The Hall–Kier alpha value is -1.77. The van der Waals surface area contributed by atoms with Crippen LogP contribution in [0.25, 0.3) is 0 Å². The molecule has 0 aliphatic carbocycles. The molecule has 2 aromatic rings. The van der Waals surface area contributed by atoms with Crippen LogP contribution in [0, 0.1) is 6.92 Å². The normalized spacial score (nSPS) is 21.3. The Morgan fingerprint density at radius 1 is 1.52 bits per heavy atom. The maximum Gasteiger partial charge on any atom is 0.264 e. The highest BCUT2D eigenvalue weighted by atomic mass is 32.1. The van der Waals surface area contributed by atoms with Gasteiger partial charge in [-0.05, 0) is 18.0 Å². The molecule has 1 amide bonds. The Balaban J connectivity index is 1.68. The van der Waals surface area contributed by atoms with Crippen LogP contribution >= 0.6 is 11.3 Å². The number of nitrogens with zero attached hydrogens (tertiary/aromatic N) is 4. The van der Waals surface area contributed by atoms with Crippen molar-refractivity contribution in [3.8, 4) is 0 Å². The van der Waals surface area contributed by atoms with Gasteiger partial charge in [0, 0.05) is 20.0 Å². The number of β-amino-alcohol motifs (C(OH)–C–C–N with tert-alkyl or cyclic N) is 1. The summed E-state index contributed by atoms with van der Waals surface area (Å²) in [7, 11) is 0. The Bertz CT molecular complexity index is 657. The van der Waals surface area contributed by atoms with Crippen molar-refractivity contribution in [2.45, 2.75) is 32.5 Å². The number of aliphatic hydroxyl groups excluding tert-OH is 1. The minimum atomic E-state index is -0.581. The summed E-state index contributed by atoms with van der Waals surface area (Å²) in [5.41, 5.74) is 0. The van der Waals surface area contributed by atoms with Gasteiger partial charge in [-0.25, -0.2) is 0 Å².